The number of benzene rings is 3. The summed E-state index contributed by atoms with van der Waals surface area (Å²) >= 11 is 0. The molecule has 0 saturated carbocycles. The Morgan fingerprint density at radius 2 is 1.60 bits per heavy atom. The molecule has 3 rings (SSSR count). The van der Waals surface area contributed by atoms with Crippen LogP contribution in [0.1, 0.15) is 45.7 Å². The molecule has 7 nitrogen and oxygen atoms in total. The quantitative estimate of drug-likeness (QED) is 0.318. The van der Waals surface area contributed by atoms with Gasteiger partial charge in [-0.1, -0.05) is 37.4 Å². The second kappa shape index (κ2) is 11.6. The molecule has 0 bridgehead atoms. The Morgan fingerprint density at radius 3 is 2.20 bits per heavy atom. The average Bonchev–Trinajstić information content (AvgIpc) is 2.89. The highest BCUT2D eigenvalue weighted by Crippen LogP contribution is 2.32. The van der Waals surface area contributed by atoms with Gasteiger partial charge in [-0.05, 0) is 73.1 Å². The average molecular weight is 469 g/mol. The maximum absolute atomic E-state index is 12.9. The summed E-state index contributed by atoms with van der Waals surface area (Å²) < 4.78 is 0. The number of amides is 2. The van der Waals surface area contributed by atoms with E-state index in [0.717, 1.165) is 11.1 Å². The van der Waals surface area contributed by atoms with Gasteiger partial charge in [0.1, 0.15) is 5.69 Å². The molecular weight excluding hydrogens is 440 g/mol. The van der Waals surface area contributed by atoms with Gasteiger partial charge in [0.25, 0.3) is 11.8 Å². The van der Waals surface area contributed by atoms with Crippen molar-refractivity contribution in [3.63, 3.8) is 0 Å². The Morgan fingerprint density at radius 1 is 0.914 bits per heavy atom. The van der Waals surface area contributed by atoms with Crippen molar-refractivity contribution in [3.05, 3.63) is 101 Å². The molecule has 0 fully saturated rings. The predicted octanol–water partition coefficient (Wildman–Crippen LogP) is 6.85. The van der Waals surface area contributed by atoms with Crippen LogP contribution in [0, 0.1) is 4.91 Å². The lowest BCUT2D eigenvalue weighted by Gasteiger charge is -2.18. The van der Waals surface area contributed by atoms with Crippen LogP contribution in [-0.4, -0.2) is 29.8 Å². The van der Waals surface area contributed by atoms with Gasteiger partial charge in [0.2, 0.25) is 0 Å². The number of hydrogen-bond donors (Lipinski definition) is 2. The summed E-state index contributed by atoms with van der Waals surface area (Å²) in [5, 5.41) is 9.08. The van der Waals surface area contributed by atoms with Crippen LogP contribution in [0.5, 0.6) is 0 Å². The minimum Gasteiger partial charge on any atom is -0.353 e. The van der Waals surface area contributed by atoms with Crippen molar-refractivity contribution >= 4 is 46.7 Å². The monoisotopic (exact) mass is 468 g/mol. The van der Waals surface area contributed by atoms with Gasteiger partial charge in [0.05, 0.1) is 5.69 Å². The van der Waals surface area contributed by atoms with Crippen molar-refractivity contribution in [2.45, 2.75) is 13.8 Å². The smallest absolute Gasteiger partial charge is 0.255 e. The summed E-state index contributed by atoms with van der Waals surface area (Å²) in [4.78, 5) is 38.5. The van der Waals surface area contributed by atoms with Crippen molar-refractivity contribution in [2.75, 3.05) is 23.7 Å². The molecule has 0 aromatic heterocycles. The largest absolute Gasteiger partial charge is 0.353 e. The minimum atomic E-state index is -0.364. The van der Waals surface area contributed by atoms with Gasteiger partial charge in [-0.25, -0.2) is 0 Å². The molecule has 0 aliphatic heterocycles. The lowest BCUT2D eigenvalue weighted by atomic mass is 10.0. The molecule has 7 heteroatoms. The third kappa shape index (κ3) is 5.70. The van der Waals surface area contributed by atoms with Crippen LogP contribution in [0.2, 0.25) is 0 Å². The Hall–Kier alpha value is -4.52. The fourth-order valence-electron chi connectivity index (χ4n) is 3.69. The lowest BCUT2D eigenvalue weighted by Crippen LogP contribution is -2.30. The van der Waals surface area contributed by atoms with E-state index in [-0.39, 0.29) is 17.5 Å². The topological polar surface area (TPSA) is 90.9 Å². The first-order valence-electron chi connectivity index (χ1n) is 11.3. The molecule has 3 aromatic carbocycles. The van der Waals surface area contributed by atoms with Crippen molar-refractivity contribution in [3.8, 4) is 0 Å². The lowest BCUT2D eigenvalue weighted by molar-refractivity contribution is 0.0773. The first-order chi connectivity index (χ1) is 16.9. The number of hydrogen-bond acceptors (Lipinski definition) is 5. The standard InChI is InChI=1S/C28H28N4O3/c1-5-19-10-9-11-24(23(19)6-2)30-26-18-21(14-17-25(26)31-35)27(33)29-22-15-12-20(13-16-22)28(34)32(7-3)8-4/h5-6,9-18,30H,1-2,7-8H2,3-4H3,(H,29,33). The molecule has 0 spiro atoms. The summed E-state index contributed by atoms with van der Waals surface area (Å²) in [6.07, 6.45) is 3.41. The first-order valence-corrected chi connectivity index (χ1v) is 11.3. The molecule has 178 valence electrons. The zero-order chi connectivity index (χ0) is 25.4. The Kier molecular flexibility index (Phi) is 8.29. The van der Waals surface area contributed by atoms with E-state index in [1.54, 1.807) is 47.4 Å². The van der Waals surface area contributed by atoms with Crippen molar-refractivity contribution in [1.29, 1.82) is 0 Å². The molecule has 0 radical (unpaired) electrons. The number of carbonyl (C=O) groups is 2. The van der Waals surface area contributed by atoms with Crippen molar-refractivity contribution in [1.82, 2.24) is 4.90 Å². The maximum atomic E-state index is 12.9. The molecular formula is C28H28N4O3. The molecule has 0 heterocycles. The van der Waals surface area contributed by atoms with Crippen LogP contribution in [0.25, 0.3) is 12.2 Å². The summed E-state index contributed by atoms with van der Waals surface area (Å²) in [5.41, 5.74) is 4.38. The van der Waals surface area contributed by atoms with Crippen LogP contribution < -0.4 is 10.6 Å². The number of nitrogens with zero attached hydrogens (tertiary/aromatic N) is 2. The van der Waals surface area contributed by atoms with Crippen LogP contribution in [0.3, 0.4) is 0 Å². The molecule has 35 heavy (non-hydrogen) atoms. The maximum Gasteiger partial charge on any atom is 0.255 e. The number of nitroso groups, excluding NO2 is 1. The molecule has 0 aliphatic rings. The number of carbonyl (C=O) groups excluding carboxylic acids is 2. The van der Waals surface area contributed by atoms with Crippen LogP contribution in [0.15, 0.2) is 79.0 Å². The van der Waals surface area contributed by atoms with Gasteiger partial charge in [-0.3, -0.25) is 9.59 Å². The minimum absolute atomic E-state index is 0.0556. The van der Waals surface area contributed by atoms with E-state index in [9.17, 15) is 14.5 Å². The summed E-state index contributed by atoms with van der Waals surface area (Å²) in [5.74, 6) is -0.419. The van der Waals surface area contributed by atoms with Gasteiger partial charge in [0.15, 0.2) is 0 Å². The van der Waals surface area contributed by atoms with Crippen molar-refractivity contribution < 1.29 is 9.59 Å². The van der Waals surface area contributed by atoms with E-state index in [2.05, 4.69) is 29.0 Å². The van der Waals surface area contributed by atoms with E-state index in [1.807, 2.05) is 32.0 Å². The van der Waals surface area contributed by atoms with E-state index < -0.39 is 0 Å². The molecule has 0 unspecified atom stereocenters. The molecule has 0 aliphatic carbocycles. The van der Waals surface area contributed by atoms with E-state index in [1.165, 1.54) is 12.1 Å². The molecule has 3 aromatic rings. The fraction of sp³-hybridized carbons (Fsp3) is 0.143. The third-order valence-corrected chi connectivity index (χ3v) is 5.63. The van der Waals surface area contributed by atoms with Crippen LogP contribution >= 0.6 is 0 Å². The second-order valence-corrected chi connectivity index (χ2v) is 7.67. The van der Waals surface area contributed by atoms with Gasteiger partial charge >= 0.3 is 0 Å². The highest BCUT2D eigenvalue weighted by Gasteiger charge is 2.15. The Bertz CT molecular complexity index is 1260. The Labute approximate surface area is 205 Å². The highest BCUT2D eigenvalue weighted by atomic mass is 16.3. The van der Waals surface area contributed by atoms with Gasteiger partial charge < -0.3 is 15.5 Å². The van der Waals surface area contributed by atoms with Gasteiger partial charge in [-0.15, -0.1) is 4.91 Å². The summed E-state index contributed by atoms with van der Waals surface area (Å²) in [6.45, 7) is 12.8. The zero-order valence-corrected chi connectivity index (χ0v) is 19.9. The SMILES string of the molecule is C=Cc1cccc(Nc2cc(C(=O)Nc3ccc(C(=O)N(CC)CC)cc3)ccc2N=O)c1C=C. The van der Waals surface area contributed by atoms with Gasteiger partial charge in [-0.2, -0.15) is 0 Å². The third-order valence-electron chi connectivity index (χ3n) is 5.63. The molecule has 2 N–H and O–H groups in total. The number of rotatable bonds is 10. The summed E-state index contributed by atoms with van der Waals surface area (Å²) in [7, 11) is 0. The van der Waals surface area contributed by atoms with Crippen molar-refractivity contribution in [2.24, 2.45) is 5.18 Å². The number of nitrogens with one attached hydrogen (secondary N) is 2. The Balaban J connectivity index is 1.82. The molecule has 0 atom stereocenters. The highest BCUT2D eigenvalue weighted by molar-refractivity contribution is 6.06. The van der Waals surface area contributed by atoms with E-state index in [0.29, 0.717) is 41.3 Å². The normalized spacial score (nSPS) is 10.2. The molecule has 0 saturated heterocycles. The van der Waals surface area contributed by atoms with Gasteiger partial charge in [0, 0.05) is 41.2 Å². The molecule has 2 amide bonds. The fourth-order valence-corrected chi connectivity index (χ4v) is 3.69. The van der Waals surface area contributed by atoms with Crippen LogP contribution in [-0.2, 0) is 0 Å². The zero-order valence-electron chi connectivity index (χ0n) is 19.9. The number of anilines is 3. The second-order valence-electron chi connectivity index (χ2n) is 7.67. The first kappa shape index (κ1) is 25.1. The predicted molar refractivity (Wildman–Crippen MR) is 143 cm³/mol. The van der Waals surface area contributed by atoms with Crippen LogP contribution in [0.4, 0.5) is 22.7 Å². The van der Waals surface area contributed by atoms with E-state index in [4.69, 9.17) is 0 Å². The van der Waals surface area contributed by atoms with E-state index >= 15 is 0 Å². The summed E-state index contributed by atoms with van der Waals surface area (Å²) in [6, 6.07) is 16.9.